The van der Waals surface area contributed by atoms with E-state index in [0.29, 0.717) is 12.8 Å². The van der Waals surface area contributed by atoms with Crippen molar-refractivity contribution in [1.29, 1.82) is 0 Å². The minimum atomic E-state index is -1.30. The Bertz CT molecular complexity index is 349. The molecular weight excluding hydrogens is 320 g/mol. The molecule has 5 heteroatoms. The van der Waals surface area contributed by atoms with E-state index in [4.69, 9.17) is 9.47 Å². The molecule has 0 aromatic heterocycles. The van der Waals surface area contributed by atoms with E-state index < -0.39 is 17.4 Å². The Kier molecular flexibility index (Phi) is 13.5. The van der Waals surface area contributed by atoms with Gasteiger partial charge in [-0.2, -0.15) is 0 Å². The van der Waals surface area contributed by atoms with Gasteiger partial charge in [-0.15, -0.1) is 0 Å². The predicted molar refractivity (Wildman–Crippen MR) is 99.2 cm³/mol. The summed E-state index contributed by atoms with van der Waals surface area (Å²) in [7, 11) is 0. The Morgan fingerprint density at radius 2 is 1.32 bits per heavy atom. The van der Waals surface area contributed by atoms with E-state index in [-0.39, 0.29) is 25.7 Å². The number of esters is 2. The molecular formula is C20H38O5. The van der Waals surface area contributed by atoms with Crippen LogP contribution in [0.1, 0.15) is 85.5 Å². The Labute approximate surface area is 153 Å². The van der Waals surface area contributed by atoms with E-state index in [9.17, 15) is 14.7 Å². The maximum atomic E-state index is 12.6. The van der Waals surface area contributed by atoms with Crippen molar-refractivity contribution in [2.75, 3.05) is 19.8 Å². The fourth-order valence-electron chi connectivity index (χ4n) is 3.21. The molecule has 25 heavy (non-hydrogen) atoms. The molecule has 1 N–H and O–H groups in total. The van der Waals surface area contributed by atoms with Crippen LogP contribution >= 0.6 is 0 Å². The van der Waals surface area contributed by atoms with E-state index in [1.54, 1.807) is 20.8 Å². The number of ether oxygens (including phenoxy) is 2. The molecule has 0 fully saturated rings. The summed E-state index contributed by atoms with van der Waals surface area (Å²) in [6.07, 6.45) is 8.86. The number of aliphatic hydroxyl groups excluding tert-OH is 1. The Balaban J connectivity index is 5.06. The van der Waals surface area contributed by atoms with Crippen LogP contribution < -0.4 is 0 Å². The van der Waals surface area contributed by atoms with Gasteiger partial charge in [0.2, 0.25) is 0 Å². The van der Waals surface area contributed by atoms with Crippen molar-refractivity contribution in [3.8, 4) is 0 Å². The predicted octanol–water partition coefficient (Wildman–Crippen LogP) is 4.26. The molecule has 5 nitrogen and oxygen atoms in total. The summed E-state index contributed by atoms with van der Waals surface area (Å²) in [5.74, 6) is -1.20. The van der Waals surface area contributed by atoms with Crippen molar-refractivity contribution in [3.63, 3.8) is 0 Å². The van der Waals surface area contributed by atoms with E-state index in [0.717, 1.165) is 19.3 Å². The fraction of sp³-hybridized carbons (Fsp3) is 0.900. The van der Waals surface area contributed by atoms with Crippen LogP contribution in [0.2, 0.25) is 0 Å². The first-order chi connectivity index (χ1) is 12.0. The second kappa shape index (κ2) is 14.1. The molecule has 0 aliphatic carbocycles. The number of rotatable bonds is 15. The number of aliphatic hydroxyl groups is 1. The first-order valence-corrected chi connectivity index (χ1v) is 9.94. The maximum Gasteiger partial charge on any atom is 0.323 e. The number of carbonyl (C=O) groups excluding carboxylic acids is 2. The highest BCUT2D eigenvalue weighted by atomic mass is 16.6. The van der Waals surface area contributed by atoms with Gasteiger partial charge in [-0.1, -0.05) is 45.4 Å². The van der Waals surface area contributed by atoms with E-state index >= 15 is 0 Å². The first kappa shape index (κ1) is 23.9. The summed E-state index contributed by atoms with van der Waals surface area (Å²) in [5.41, 5.74) is -1.30. The quantitative estimate of drug-likeness (QED) is 0.269. The van der Waals surface area contributed by atoms with Crippen LogP contribution in [-0.4, -0.2) is 36.9 Å². The first-order valence-electron chi connectivity index (χ1n) is 9.94. The third-order valence-electron chi connectivity index (χ3n) is 4.83. The van der Waals surface area contributed by atoms with Crippen LogP contribution in [0.15, 0.2) is 0 Å². The standard InChI is InChI=1S/C20H38O5/c1-5-8-9-10-11-12-14-17(15-13-16-21)20(4,18(22)24-6-2)19(23)25-7-3/h17,21H,5-16H2,1-4H3. The van der Waals surface area contributed by atoms with E-state index in [1.807, 2.05) is 0 Å². The minimum Gasteiger partial charge on any atom is -0.465 e. The third kappa shape index (κ3) is 8.21. The van der Waals surface area contributed by atoms with Gasteiger partial charge in [0.15, 0.2) is 5.41 Å². The van der Waals surface area contributed by atoms with Crippen molar-refractivity contribution in [2.24, 2.45) is 11.3 Å². The average Bonchev–Trinajstić information content (AvgIpc) is 2.60. The lowest BCUT2D eigenvalue weighted by Crippen LogP contribution is -2.45. The van der Waals surface area contributed by atoms with Crippen LogP contribution in [0.5, 0.6) is 0 Å². The maximum absolute atomic E-state index is 12.6. The summed E-state index contributed by atoms with van der Waals surface area (Å²) in [4.78, 5) is 25.1. The van der Waals surface area contributed by atoms with Gasteiger partial charge in [-0.3, -0.25) is 9.59 Å². The molecule has 0 aromatic carbocycles. The molecule has 0 amide bonds. The largest absolute Gasteiger partial charge is 0.465 e. The lowest BCUT2D eigenvalue weighted by molar-refractivity contribution is -0.175. The summed E-state index contributed by atoms with van der Waals surface area (Å²) >= 11 is 0. The van der Waals surface area contributed by atoms with Gasteiger partial charge in [0.25, 0.3) is 0 Å². The highest BCUT2D eigenvalue weighted by molar-refractivity contribution is 6.00. The Morgan fingerprint density at radius 3 is 1.80 bits per heavy atom. The second-order valence-electron chi connectivity index (χ2n) is 6.76. The third-order valence-corrected chi connectivity index (χ3v) is 4.83. The van der Waals surface area contributed by atoms with Crippen LogP contribution in [0.3, 0.4) is 0 Å². The normalized spacial score (nSPS) is 12.7. The molecule has 0 aliphatic heterocycles. The van der Waals surface area contributed by atoms with Gasteiger partial charge in [0.05, 0.1) is 13.2 Å². The average molecular weight is 359 g/mol. The minimum absolute atomic E-state index is 0.0503. The highest BCUT2D eigenvalue weighted by Gasteiger charge is 2.50. The number of hydrogen-bond donors (Lipinski definition) is 1. The molecule has 0 heterocycles. The Hall–Kier alpha value is -1.10. The van der Waals surface area contributed by atoms with Gasteiger partial charge < -0.3 is 14.6 Å². The van der Waals surface area contributed by atoms with Crippen molar-refractivity contribution in [3.05, 3.63) is 0 Å². The van der Waals surface area contributed by atoms with E-state index in [2.05, 4.69) is 6.92 Å². The SMILES string of the molecule is CCCCCCCCC(CCCO)C(C)(C(=O)OCC)C(=O)OCC. The molecule has 0 bridgehead atoms. The summed E-state index contributed by atoms with van der Waals surface area (Å²) in [6.45, 7) is 7.82. The zero-order chi connectivity index (χ0) is 19.1. The molecule has 148 valence electrons. The van der Waals surface area contributed by atoms with Gasteiger partial charge in [-0.25, -0.2) is 0 Å². The lowest BCUT2D eigenvalue weighted by Gasteiger charge is -2.33. The van der Waals surface area contributed by atoms with Gasteiger partial charge in [0.1, 0.15) is 0 Å². The molecule has 0 rings (SSSR count). The highest BCUT2D eigenvalue weighted by Crippen LogP contribution is 2.38. The van der Waals surface area contributed by atoms with Crippen molar-refractivity contribution in [1.82, 2.24) is 0 Å². The van der Waals surface area contributed by atoms with Gasteiger partial charge in [-0.05, 0) is 46.0 Å². The summed E-state index contributed by atoms with van der Waals surface area (Å²) < 4.78 is 10.4. The Morgan fingerprint density at radius 1 is 0.840 bits per heavy atom. The van der Waals surface area contributed by atoms with Crippen LogP contribution in [0.4, 0.5) is 0 Å². The molecule has 0 radical (unpaired) electrons. The lowest BCUT2D eigenvalue weighted by atomic mass is 9.72. The van der Waals surface area contributed by atoms with Crippen LogP contribution in [0, 0.1) is 11.3 Å². The fourth-order valence-corrected chi connectivity index (χ4v) is 3.21. The molecule has 0 saturated carbocycles. The molecule has 0 saturated heterocycles. The number of hydrogen-bond acceptors (Lipinski definition) is 5. The zero-order valence-electron chi connectivity index (χ0n) is 16.6. The topological polar surface area (TPSA) is 72.8 Å². The monoisotopic (exact) mass is 358 g/mol. The van der Waals surface area contributed by atoms with Crippen molar-refractivity contribution >= 4 is 11.9 Å². The molecule has 1 unspecified atom stereocenters. The van der Waals surface area contributed by atoms with Gasteiger partial charge >= 0.3 is 11.9 Å². The second-order valence-corrected chi connectivity index (χ2v) is 6.76. The molecule has 1 atom stereocenters. The van der Waals surface area contributed by atoms with Crippen LogP contribution in [-0.2, 0) is 19.1 Å². The van der Waals surface area contributed by atoms with Crippen LogP contribution in [0.25, 0.3) is 0 Å². The van der Waals surface area contributed by atoms with Gasteiger partial charge in [0, 0.05) is 6.61 Å². The zero-order valence-corrected chi connectivity index (χ0v) is 16.6. The summed E-state index contributed by atoms with van der Waals surface area (Å²) in [6, 6.07) is 0. The van der Waals surface area contributed by atoms with Crippen molar-refractivity contribution < 1.29 is 24.2 Å². The smallest absolute Gasteiger partial charge is 0.323 e. The number of unbranched alkanes of at least 4 members (excludes halogenated alkanes) is 5. The molecule has 0 aliphatic rings. The molecule has 0 spiro atoms. The number of carbonyl (C=O) groups is 2. The van der Waals surface area contributed by atoms with E-state index in [1.165, 1.54) is 25.7 Å². The summed E-state index contributed by atoms with van der Waals surface area (Å²) in [5, 5.41) is 9.20. The molecule has 0 aromatic rings. The van der Waals surface area contributed by atoms with Crippen molar-refractivity contribution in [2.45, 2.75) is 85.5 Å².